The first kappa shape index (κ1) is 21.0. The molecule has 26 heavy (non-hydrogen) atoms. The largest absolute Gasteiger partial charge is 0.361 e. The minimum atomic E-state index is 0. The van der Waals surface area contributed by atoms with Crippen LogP contribution in [0, 0.1) is 6.92 Å². The molecule has 0 fully saturated rings. The molecule has 8 heteroatoms. The Balaban J connectivity index is 0.00000243. The highest BCUT2D eigenvalue weighted by molar-refractivity contribution is 14.0. The van der Waals surface area contributed by atoms with Gasteiger partial charge in [-0.15, -0.1) is 35.3 Å². The van der Waals surface area contributed by atoms with E-state index in [-0.39, 0.29) is 24.0 Å². The van der Waals surface area contributed by atoms with E-state index in [9.17, 15) is 0 Å². The molecule has 0 aliphatic rings. The molecule has 0 saturated carbocycles. The van der Waals surface area contributed by atoms with Crippen LogP contribution in [0.5, 0.6) is 0 Å². The van der Waals surface area contributed by atoms with Gasteiger partial charge in [0.2, 0.25) is 0 Å². The van der Waals surface area contributed by atoms with Gasteiger partial charge < -0.3 is 15.6 Å². The molecule has 0 saturated heterocycles. The normalized spacial score (nSPS) is 11.4. The van der Waals surface area contributed by atoms with Gasteiger partial charge in [-0.25, -0.2) is 9.98 Å². The second-order valence-corrected chi connectivity index (χ2v) is 7.50. The number of hydrogen-bond acceptors (Lipinski definition) is 3. The molecule has 2 heterocycles. The lowest BCUT2D eigenvalue weighted by molar-refractivity contribution is 0.801. The number of halogens is 2. The Kier molecular flexibility index (Phi) is 8.17. The zero-order chi connectivity index (χ0) is 17.6. The van der Waals surface area contributed by atoms with Crippen LogP contribution in [0.15, 0.2) is 35.6 Å². The highest BCUT2D eigenvalue weighted by atomic mass is 127. The summed E-state index contributed by atoms with van der Waals surface area (Å²) in [6, 6.07) is 5.92. The third kappa shape index (κ3) is 5.59. The fourth-order valence-corrected chi connectivity index (χ4v) is 3.52. The highest BCUT2D eigenvalue weighted by Crippen LogP contribution is 2.22. The second-order valence-electron chi connectivity index (χ2n) is 5.74. The van der Waals surface area contributed by atoms with E-state index in [1.807, 2.05) is 30.6 Å². The van der Waals surface area contributed by atoms with Gasteiger partial charge in [0.05, 0.1) is 6.54 Å². The van der Waals surface area contributed by atoms with Gasteiger partial charge >= 0.3 is 0 Å². The number of benzene rings is 1. The Hall–Kier alpha value is -1.32. The molecule has 3 N–H and O–H groups in total. The van der Waals surface area contributed by atoms with Crippen molar-refractivity contribution in [2.45, 2.75) is 26.8 Å². The summed E-state index contributed by atoms with van der Waals surface area (Å²) in [7, 11) is 0. The zero-order valence-electron chi connectivity index (χ0n) is 14.8. The Labute approximate surface area is 179 Å². The average molecular weight is 504 g/mol. The monoisotopic (exact) mass is 503 g/mol. The first-order valence-corrected chi connectivity index (χ1v) is 9.54. The number of H-pyrrole nitrogens is 1. The Morgan fingerprint density at radius 1 is 1.35 bits per heavy atom. The van der Waals surface area contributed by atoms with E-state index in [0.717, 1.165) is 41.0 Å². The maximum Gasteiger partial charge on any atom is 0.191 e. The first-order valence-electron chi connectivity index (χ1n) is 8.34. The number of thiazole rings is 1. The Morgan fingerprint density at radius 2 is 2.19 bits per heavy atom. The minimum Gasteiger partial charge on any atom is -0.361 e. The topological polar surface area (TPSA) is 65.1 Å². The SMILES string of the molecule is CCNC(=NCc1ncc(C)s1)NCCc1c[nH]c2ccc(Cl)cc12.I. The molecule has 5 nitrogen and oxygen atoms in total. The van der Waals surface area contributed by atoms with E-state index in [2.05, 4.69) is 39.4 Å². The number of nitrogens with zero attached hydrogens (tertiary/aromatic N) is 2. The van der Waals surface area contributed by atoms with E-state index in [1.165, 1.54) is 15.8 Å². The number of hydrogen-bond donors (Lipinski definition) is 3. The molecular weight excluding hydrogens is 481 g/mol. The van der Waals surface area contributed by atoms with E-state index in [4.69, 9.17) is 11.6 Å². The van der Waals surface area contributed by atoms with Crippen molar-refractivity contribution in [3.8, 4) is 0 Å². The third-order valence-corrected chi connectivity index (χ3v) is 4.93. The molecule has 0 unspecified atom stereocenters. The van der Waals surface area contributed by atoms with Crippen molar-refractivity contribution >= 4 is 63.8 Å². The van der Waals surface area contributed by atoms with Crippen LogP contribution in [0.25, 0.3) is 10.9 Å². The predicted octanol–water partition coefficient (Wildman–Crippen LogP) is 4.50. The van der Waals surface area contributed by atoms with Crippen molar-refractivity contribution in [1.29, 1.82) is 0 Å². The van der Waals surface area contributed by atoms with Crippen LogP contribution in [-0.4, -0.2) is 29.0 Å². The number of fused-ring (bicyclic) bond motifs is 1. The lowest BCUT2D eigenvalue weighted by Crippen LogP contribution is -2.38. The van der Waals surface area contributed by atoms with E-state index >= 15 is 0 Å². The van der Waals surface area contributed by atoms with Gasteiger partial charge in [0, 0.05) is 46.3 Å². The number of nitrogens with one attached hydrogen (secondary N) is 3. The van der Waals surface area contributed by atoms with Crippen molar-refractivity contribution in [2.24, 2.45) is 4.99 Å². The number of guanidine groups is 1. The van der Waals surface area contributed by atoms with Crippen molar-refractivity contribution in [2.75, 3.05) is 13.1 Å². The standard InChI is InChI=1S/C18H22ClN5S.HI/c1-3-20-18(24-11-17-23-9-12(2)25-17)21-7-6-13-10-22-16-5-4-14(19)8-15(13)16;/h4-5,8-10,22H,3,6-7,11H2,1-2H3,(H2,20,21,24);1H. The smallest absolute Gasteiger partial charge is 0.191 e. The van der Waals surface area contributed by atoms with E-state index < -0.39 is 0 Å². The van der Waals surface area contributed by atoms with Gasteiger partial charge in [-0.1, -0.05) is 11.6 Å². The average Bonchev–Trinajstić information content (AvgIpc) is 3.19. The van der Waals surface area contributed by atoms with Gasteiger partial charge in [0.15, 0.2) is 5.96 Å². The summed E-state index contributed by atoms with van der Waals surface area (Å²) in [5, 5.41) is 9.62. The van der Waals surface area contributed by atoms with Crippen LogP contribution >= 0.6 is 46.9 Å². The lowest BCUT2D eigenvalue weighted by atomic mass is 10.1. The Morgan fingerprint density at radius 3 is 2.92 bits per heavy atom. The maximum atomic E-state index is 6.11. The molecule has 0 aliphatic carbocycles. The molecule has 0 spiro atoms. The molecule has 0 radical (unpaired) electrons. The maximum absolute atomic E-state index is 6.11. The van der Waals surface area contributed by atoms with Crippen LogP contribution in [0.1, 0.15) is 22.4 Å². The van der Waals surface area contributed by atoms with Crippen LogP contribution < -0.4 is 10.6 Å². The fraction of sp³-hybridized carbons (Fsp3) is 0.333. The number of rotatable bonds is 6. The summed E-state index contributed by atoms with van der Waals surface area (Å²) in [4.78, 5) is 13.5. The number of aromatic nitrogens is 2. The van der Waals surface area contributed by atoms with Gasteiger partial charge in [0.25, 0.3) is 0 Å². The lowest BCUT2D eigenvalue weighted by Gasteiger charge is -2.10. The minimum absolute atomic E-state index is 0. The molecule has 0 bridgehead atoms. The summed E-state index contributed by atoms with van der Waals surface area (Å²) in [5.74, 6) is 0.813. The second kappa shape index (κ2) is 10.1. The Bertz CT molecular complexity index is 873. The number of aliphatic imine (C=N–C) groups is 1. The molecule has 140 valence electrons. The van der Waals surface area contributed by atoms with Gasteiger partial charge in [-0.2, -0.15) is 0 Å². The van der Waals surface area contributed by atoms with Crippen LogP contribution in [-0.2, 0) is 13.0 Å². The van der Waals surface area contributed by atoms with E-state index in [1.54, 1.807) is 11.3 Å². The summed E-state index contributed by atoms with van der Waals surface area (Å²) in [5.41, 5.74) is 2.36. The molecule has 3 aromatic rings. The van der Waals surface area contributed by atoms with Crippen LogP contribution in [0.3, 0.4) is 0 Å². The van der Waals surface area contributed by atoms with Gasteiger partial charge in [-0.05, 0) is 44.0 Å². The molecule has 0 amide bonds. The zero-order valence-corrected chi connectivity index (χ0v) is 18.7. The van der Waals surface area contributed by atoms with Crippen molar-refractivity contribution in [3.05, 3.63) is 51.1 Å². The molecule has 3 rings (SSSR count). The molecular formula is C18H23ClIN5S. The predicted molar refractivity (Wildman–Crippen MR) is 122 cm³/mol. The first-order chi connectivity index (χ1) is 12.2. The van der Waals surface area contributed by atoms with E-state index in [0.29, 0.717) is 6.54 Å². The molecule has 2 aromatic heterocycles. The number of aromatic amines is 1. The quantitative estimate of drug-likeness (QED) is 0.264. The van der Waals surface area contributed by atoms with Crippen molar-refractivity contribution < 1.29 is 0 Å². The van der Waals surface area contributed by atoms with Gasteiger partial charge in [-0.3, -0.25) is 0 Å². The number of aryl methyl sites for hydroxylation is 1. The van der Waals surface area contributed by atoms with Gasteiger partial charge in [0.1, 0.15) is 5.01 Å². The summed E-state index contributed by atoms with van der Waals surface area (Å²) in [6.45, 7) is 6.33. The summed E-state index contributed by atoms with van der Waals surface area (Å²) in [6.07, 6.45) is 4.82. The van der Waals surface area contributed by atoms with Crippen molar-refractivity contribution in [3.63, 3.8) is 0 Å². The molecule has 0 aliphatic heterocycles. The van der Waals surface area contributed by atoms with Crippen molar-refractivity contribution in [1.82, 2.24) is 20.6 Å². The van der Waals surface area contributed by atoms with Crippen LogP contribution in [0.2, 0.25) is 5.02 Å². The highest BCUT2D eigenvalue weighted by Gasteiger charge is 2.05. The summed E-state index contributed by atoms with van der Waals surface area (Å²) < 4.78 is 0. The van der Waals surface area contributed by atoms with Crippen LogP contribution in [0.4, 0.5) is 0 Å². The molecule has 1 aromatic carbocycles. The molecule has 0 atom stereocenters. The third-order valence-electron chi connectivity index (χ3n) is 3.80. The summed E-state index contributed by atoms with van der Waals surface area (Å²) >= 11 is 7.79. The fourth-order valence-electron chi connectivity index (χ4n) is 2.64.